The highest BCUT2D eigenvalue weighted by Crippen LogP contribution is 2.20. The van der Waals surface area contributed by atoms with Gasteiger partial charge in [-0.1, -0.05) is 35.9 Å². The van der Waals surface area contributed by atoms with Crippen LogP contribution in [0.15, 0.2) is 40.9 Å². The quantitative estimate of drug-likeness (QED) is 0.355. The zero-order valence-electron chi connectivity index (χ0n) is 13.3. The zero-order valence-corrected chi connectivity index (χ0v) is 15.7. The van der Waals surface area contributed by atoms with Gasteiger partial charge in [0.25, 0.3) is 0 Å². The molecule has 0 radical (unpaired) electrons. The van der Waals surface area contributed by atoms with Gasteiger partial charge in [-0.25, -0.2) is 0 Å². The number of rotatable bonds is 3. The highest BCUT2D eigenvalue weighted by atomic mass is 127. The highest BCUT2D eigenvalue weighted by molar-refractivity contribution is 14.0. The molecule has 0 fully saturated rings. The lowest BCUT2D eigenvalue weighted by Crippen LogP contribution is -2.44. The third-order valence-corrected chi connectivity index (χ3v) is 4.51. The fraction of sp³-hybridized carbons (Fsp3) is 0.500. The molecule has 1 aliphatic carbocycles. The van der Waals surface area contributed by atoms with Crippen LogP contribution < -0.4 is 5.32 Å². The smallest absolute Gasteiger partial charge is 0.193 e. The maximum atomic E-state index is 4.46. The summed E-state index contributed by atoms with van der Waals surface area (Å²) in [6.45, 7) is 3.02. The van der Waals surface area contributed by atoms with E-state index in [4.69, 9.17) is 0 Å². The van der Waals surface area contributed by atoms with Crippen molar-refractivity contribution in [1.82, 2.24) is 10.2 Å². The topological polar surface area (TPSA) is 27.6 Å². The highest BCUT2D eigenvalue weighted by Gasteiger charge is 2.18. The van der Waals surface area contributed by atoms with Crippen LogP contribution in [-0.2, 0) is 13.0 Å². The molecule has 0 saturated carbocycles. The van der Waals surface area contributed by atoms with Crippen molar-refractivity contribution in [1.29, 1.82) is 0 Å². The van der Waals surface area contributed by atoms with E-state index in [-0.39, 0.29) is 24.0 Å². The largest absolute Gasteiger partial charge is 0.356 e. The molecule has 120 valence electrons. The minimum atomic E-state index is 0. The summed E-state index contributed by atoms with van der Waals surface area (Å²) in [5.74, 6) is 1.04. The lowest BCUT2D eigenvalue weighted by atomic mass is 10.0. The normalized spacial score (nSPS) is 17.6. The van der Waals surface area contributed by atoms with Gasteiger partial charge in [-0.3, -0.25) is 4.99 Å². The van der Waals surface area contributed by atoms with E-state index < -0.39 is 0 Å². The Bertz CT molecular complexity index is 551. The van der Waals surface area contributed by atoms with Crippen molar-refractivity contribution < 1.29 is 0 Å². The molecule has 0 spiro atoms. The standard InChI is InChI=1S/C18H25N3.HI/c1-19-18(20-12-10-15-6-2-3-7-15)21-13-11-16-8-4-5-9-17(16)14-21;/h4-6,8-9H,2-3,7,10-14H2,1H3,(H,19,20);1H. The molecule has 1 aromatic rings. The van der Waals surface area contributed by atoms with E-state index in [1.807, 2.05) is 7.05 Å². The van der Waals surface area contributed by atoms with E-state index >= 15 is 0 Å². The molecule has 3 rings (SSSR count). The second-order valence-electron chi connectivity index (χ2n) is 5.92. The Morgan fingerprint density at radius 1 is 1.23 bits per heavy atom. The first-order valence-corrected chi connectivity index (χ1v) is 8.07. The second-order valence-corrected chi connectivity index (χ2v) is 5.92. The summed E-state index contributed by atoms with van der Waals surface area (Å²) in [4.78, 5) is 6.83. The van der Waals surface area contributed by atoms with E-state index in [1.165, 1.54) is 30.4 Å². The first kappa shape index (κ1) is 17.3. The number of allylic oxidation sites excluding steroid dienone is 1. The molecule has 3 nitrogen and oxygen atoms in total. The van der Waals surface area contributed by atoms with Crippen molar-refractivity contribution in [2.75, 3.05) is 20.1 Å². The monoisotopic (exact) mass is 411 g/mol. The van der Waals surface area contributed by atoms with Crippen LogP contribution in [0.25, 0.3) is 0 Å². The summed E-state index contributed by atoms with van der Waals surface area (Å²) in [6, 6.07) is 8.75. The molecule has 22 heavy (non-hydrogen) atoms. The van der Waals surface area contributed by atoms with Gasteiger partial charge in [-0.2, -0.15) is 0 Å². The molecule has 0 bridgehead atoms. The molecule has 0 amide bonds. The Morgan fingerprint density at radius 3 is 2.77 bits per heavy atom. The average molecular weight is 411 g/mol. The van der Waals surface area contributed by atoms with Crippen LogP contribution in [-0.4, -0.2) is 31.0 Å². The summed E-state index contributed by atoms with van der Waals surface area (Å²) in [6.07, 6.45) is 8.57. The molecule has 1 aliphatic heterocycles. The van der Waals surface area contributed by atoms with E-state index in [0.717, 1.165) is 38.4 Å². The predicted molar refractivity (Wildman–Crippen MR) is 104 cm³/mol. The Hall–Kier alpha value is -1.04. The molecule has 0 saturated heterocycles. The third kappa shape index (κ3) is 4.24. The first-order valence-electron chi connectivity index (χ1n) is 8.07. The van der Waals surface area contributed by atoms with Crippen molar-refractivity contribution in [2.24, 2.45) is 4.99 Å². The van der Waals surface area contributed by atoms with Gasteiger partial charge in [-0.15, -0.1) is 24.0 Å². The van der Waals surface area contributed by atoms with Gasteiger partial charge < -0.3 is 10.2 Å². The summed E-state index contributed by atoms with van der Waals surface area (Å²) in [5, 5.41) is 3.53. The number of hydrogen-bond acceptors (Lipinski definition) is 1. The van der Waals surface area contributed by atoms with Crippen LogP contribution in [0.1, 0.15) is 36.8 Å². The van der Waals surface area contributed by atoms with Gasteiger partial charge in [0.2, 0.25) is 0 Å². The Balaban J connectivity index is 0.00000176. The minimum absolute atomic E-state index is 0. The van der Waals surface area contributed by atoms with Gasteiger partial charge >= 0.3 is 0 Å². The first-order chi connectivity index (χ1) is 10.4. The number of benzene rings is 1. The molecule has 1 N–H and O–H groups in total. The summed E-state index contributed by atoms with van der Waals surface area (Å²) >= 11 is 0. The second kappa shape index (κ2) is 8.56. The number of halogens is 1. The fourth-order valence-corrected chi connectivity index (χ4v) is 3.31. The van der Waals surface area contributed by atoms with Crippen LogP contribution in [0, 0.1) is 0 Å². The van der Waals surface area contributed by atoms with Gasteiger partial charge in [0, 0.05) is 26.7 Å². The number of guanidine groups is 1. The van der Waals surface area contributed by atoms with E-state index in [1.54, 1.807) is 5.57 Å². The van der Waals surface area contributed by atoms with Crippen molar-refractivity contribution in [3.8, 4) is 0 Å². The Labute approximate surface area is 150 Å². The van der Waals surface area contributed by atoms with Crippen molar-refractivity contribution in [3.63, 3.8) is 0 Å². The summed E-state index contributed by atoms with van der Waals surface area (Å²) < 4.78 is 0. The molecule has 2 aliphatic rings. The van der Waals surface area contributed by atoms with E-state index in [0.29, 0.717) is 0 Å². The van der Waals surface area contributed by atoms with Crippen LogP contribution >= 0.6 is 24.0 Å². The summed E-state index contributed by atoms with van der Waals surface area (Å²) in [5.41, 5.74) is 4.53. The molecule has 1 aromatic carbocycles. The number of aliphatic imine (C=N–C) groups is 1. The molecule has 4 heteroatoms. The van der Waals surface area contributed by atoms with Gasteiger partial charge in [0.1, 0.15) is 0 Å². The summed E-state index contributed by atoms with van der Waals surface area (Å²) in [7, 11) is 1.89. The van der Waals surface area contributed by atoms with Crippen LogP contribution in [0.3, 0.4) is 0 Å². The maximum Gasteiger partial charge on any atom is 0.193 e. The van der Waals surface area contributed by atoms with Crippen molar-refractivity contribution in [2.45, 2.75) is 38.6 Å². The molecular weight excluding hydrogens is 385 g/mol. The molecular formula is C18H26IN3. The number of nitrogens with one attached hydrogen (secondary N) is 1. The maximum absolute atomic E-state index is 4.46. The number of fused-ring (bicyclic) bond motifs is 1. The van der Waals surface area contributed by atoms with Crippen LogP contribution in [0.4, 0.5) is 0 Å². The molecule has 0 atom stereocenters. The van der Waals surface area contributed by atoms with Crippen LogP contribution in [0.5, 0.6) is 0 Å². The van der Waals surface area contributed by atoms with Crippen molar-refractivity contribution >= 4 is 29.9 Å². The Kier molecular flexibility index (Phi) is 6.73. The fourth-order valence-electron chi connectivity index (χ4n) is 3.31. The van der Waals surface area contributed by atoms with E-state index in [9.17, 15) is 0 Å². The van der Waals surface area contributed by atoms with Gasteiger partial charge in [0.05, 0.1) is 0 Å². The lowest BCUT2D eigenvalue weighted by Gasteiger charge is -2.31. The molecule has 1 heterocycles. The molecule has 0 aromatic heterocycles. The lowest BCUT2D eigenvalue weighted by molar-refractivity contribution is 0.379. The average Bonchev–Trinajstić information content (AvgIpc) is 3.04. The van der Waals surface area contributed by atoms with Gasteiger partial charge in [-0.05, 0) is 43.2 Å². The van der Waals surface area contributed by atoms with Crippen LogP contribution in [0.2, 0.25) is 0 Å². The Morgan fingerprint density at radius 2 is 2.05 bits per heavy atom. The van der Waals surface area contributed by atoms with Crippen molar-refractivity contribution in [3.05, 3.63) is 47.0 Å². The predicted octanol–water partition coefficient (Wildman–Crippen LogP) is 3.74. The third-order valence-electron chi connectivity index (χ3n) is 4.51. The van der Waals surface area contributed by atoms with E-state index in [2.05, 4.69) is 45.6 Å². The molecule has 0 unspecified atom stereocenters. The number of hydrogen-bond donors (Lipinski definition) is 1. The van der Waals surface area contributed by atoms with Gasteiger partial charge in [0.15, 0.2) is 5.96 Å². The minimum Gasteiger partial charge on any atom is -0.356 e. The number of nitrogens with zero attached hydrogens (tertiary/aromatic N) is 2. The zero-order chi connectivity index (χ0) is 14.5. The SMILES string of the molecule is CN=C(NCCC1=CCCC1)N1CCc2ccccc2C1.I.